The van der Waals surface area contributed by atoms with Crippen LogP contribution in [0.4, 0.5) is 0 Å². The molecule has 0 fully saturated rings. The molecule has 0 aromatic rings. The van der Waals surface area contributed by atoms with Gasteiger partial charge < -0.3 is 10.2 Å². The number of carboxylic acids is 1. The van der Waals surface area contributed by atoms with E-state index in [1.807, 2.05) is 6.92 Å². The van der Waals surface area contributed by atoms with Crippen LogP contribution in [0.1, 0.15) is 13.3 Å². The van der Waals surface area contributed by atoms with Gasteiger partial charge in [-0.25, -0.2) is 4.79 Å². The molecule has 0 bridgehead atoms. The van der Waals surface area contributed by atoms with E-state index in [1.165, 1.54) is 6.08 Å². The lowest BCUT2D eigenvalue weighted by Crippen LogP contribution is -1.97. The predicted molar refractivity (Wildman–Crippen MR) is 51.4 cm³/mol. The first kappa shape index (κ1) is 11.6. The molecule has 0 amide bonds. The summed E-state index contributed by atoms with van der Waals surface area (Å²) in [6.07, 6.45) is 9.30. The summed E-state index contributed by atoms with van der Waals surface area (Å²) in [5, 5.41) is 17.3. The first-order chi connectivity index (χ1) is 6.16. The van der Waals surface area contributed by atoms with Crippen LogP contribution in [0.3, 0.4) is 0 Å². The Morgan fingerprint density at radius 3 is 2.46 bits per heavy atom. The number of aliphatic hydroxyl groups excluding tert-OH is 1. The van der Waals surface area contributed by atoms with Crippen molar-refractivity contribution < 1.29 is 15.0 Å². The Morgan fingerprint density at radius 2 is 1.92 bits per heavy atom. The van der Waals surface area contributed by atoms with Crippen LogP contribution in [0, 0.1) is 0 Å². The summed E-state index contributed by atoms with van der Waals surface area (Å²) in [5.74, 6) is -0.970. The van der Waals surface area contributed by atoms with Crippen LogP contribution in [-0.2, 0) is 4.79 Å². The van der Waals surface area contributed by atoms with E-state index in [0.717, 1.165) is 6.08 Å². The van der Waals surface area contributed by atoms with Gasteiger partial charge in [-0.05, 0) is 6.42 Å². The molecule has 13 heavy (non-hydrogen) atoms. The van der Waals surface area contributed by atoms with Gasteiger partial charge in [-0.15, -0.1) is 0 Å². The van der Waals surface area contributed by atoms with Gasteiger partial charge in [-0.1, -0.05) is 37.3 Å². The highest BCUT2D eigenvalue weighted by Gasteiger charge is 1.88. The highest BCUT2D eigenvalue weighted by molar-refractivity contribution is 5.80. The number of aliphatic hydroxyl groups is 1. The van der Waals surface area contributed by atoms with Gasteiger partial charge in [0.2, 0.25) is 0 Å². The molecular formula is C10H14O3. The third-order valence-electron chi connectivity index (χ3n) is 1.32. The monoisotopic (exact) mass is 182 g/mol. The lowest BCUT2D eigenvalue weighted by Gasteiger charge is -1.95. The molecule has 0 heterocycles. The fourth-order valence-electron chi connectivity index (χ4n) is 0.595. The average Bonchev–Trinajstić information content (AvgIpc) is 2.10. The maximum absolute atomic E-state index is 10.0. The molecule has 3 heteroatoms. The van der Waals surface area contributed by atoms with Crippen LogP contribution in [0.15, 0.2) is 36.5 Å². The van der Waals surface area contributed by atoms with Crippen molar-refractivity contribution in [3.63, 3.8) is 0 Å². The van der Waals surface area contributed by atoms with E-state index in [2.05, 4.69) is 0 Å². The third-order valence-corrected chi connectivity index (χ3v) is 1.32. The van der Waals surface area contributed by atoms with Gasteiger partial charge >= 0.3 is 5.97 Å². The molecule has 0 spiro atoms. The summed E-state index contributed by atoms with van der Waals surface area (Å²) in [6.45, 7) is 1.88. The lowest BCUT2D eigenvalue weighted by atomic mass is 10.2. The Morgan fingerprint density at radius 1 is 1.31 bits per heavy atom. The minimum Gasteiger partial charge on any atom is -0.478 e. The second kappa shape index (κ2) is 7.31. The molecule has 0 rings (SSSR count). The highest BCUT2D eigenvalue weighted by atomic mass is 16.4. The van der Waals surface area contributed by atoms with E-state index in [1.54, 1.807) is 24.3 Å². The molecule has 0 aliphatic heterocycles. The predicted octanol–water partition coefficient (Wildman–Crippen LogP) is 1.51. The Hall–Kier alpha value is -1.35. The molecule has 0 saturated carbocycles. The van der Waals surface area contributed by atoms with Crippen molar-refractivity contribution in [2.45, 2.75) is 19.4 Å². The zero-order valence-electron chi connectivity index (χ0n) is 7.55. The van der Waals surface area contributed by atoms with Crippen LogP contribution in [0.5, 0.6) is 0 Å². The molecule has 0 aromatic heterocycles. The zero-order valence-corrected chi connectivity index (χ0v) is 7.55. The van der Waals surface area contributed by atoms with Gasteiger partial charge in [0, 0.05) is 6.08 Å². The number of carbonyl (C=O) groups is 1. The number of aliphatic carboxylic acids is 1. The fraction of sp³-hybridized carbons (Fsp3) is 0.300. The topological polar surface area (TPSA) is 57.5 Å². The van der Waals surface area contributed by atoms with E-state index in [0.29, 0.717) is 6.42 Å². The first-order valence-electron chi connectivity index (χ1n) is 4.09. The Kier molecular flexibility index (Phi) is 6.55. The standard InChI is InChI=1S/C10H14O3/c1-2-9(11)7-5-3-4-6-8-10(12)13/h3-9,11H,2H2,1H3,(H,12,13)/b4-3-,7-5+,8-6+. The lowest BCUT2D eigenvalue weighted by molar-refractivity contribution is -0.131. The van der Waals surface area contributed by atoms with Crippen molar-refractivity contribution in [3.05, 3.63) is 36.5 Å². The van der Waals surface area contributed by atoms with E-state index in [9.17, 15) is 4.79 Å². The average molecular weight is 182 g/mol. The second-order valence-electron chi connectivity index (χ2n) is 2.44. The van der Waals surface area contributed by atoms with Crippen LogP contribution < -0.4 is 0 Å². The first-order valence-corrected chi connectivity index (χ1v) is 4.09. The Bertz CT molecular complexity index is 226. The van der Waals surface area contributed by atoms with Gasteiger partial charge in [0.25, 0.3) is 0 Å². The number of rotatable bonds is 5. The van der Waals surface area contributed by atoms with E-state index < -0.39 is 12.1 Å². The molecular weight excluding hydrogens is 168 g/mol. The summed E-state index contributed by atoms with van der Waals surface area (Å²) in [4.78, 5) is 10.0. The summed E-state index contributed by atoms with van der Waals surface area (Å²) in [6, 6.07) is 0. The molecule has 72 valence electrons. The quantitative estimate of drug-likeness (QED) is 0.500. The number of hydrogen-bond acceptors (Lipinski definition) is 2. The maximum atomic E-state index is 10.0. The van der Waals surface area contributed by atoms with Crippen molar-refractivity contribution >= 4 is 5.97 Å². The van der Waals surface area contributed by atoms with Crippen LogP contribution >= 0.6 is 0 Å². The summed E-state index contributed by atoms with van der Waals surface area (Å²) < 4.78 is 0. The minimum absolute atomic E-state index is 0.423. The third kappa shape index (κ3) is 8.56. The Labute approximate surface area is 77.7 Å². The number of hydrogen-bond donors (Lipinski definition) is 2. The van der Waals surface area contributed by atoms with Gasteiger partial charge in [-0.2, -0.15) is 0 Å². The smallest absolute Gasteiger partial charge is 0.328 e. The minimum atomic E-state index is -0.970. The molecule has 0 aliphatic rings. The largest absolute Gasteiger partial charge is 0.478 e. The molecule has 1 unspecified atom stereocenters. The molecule has 0 aromatic carbocycles. The zero-order chi connectivity index (χ0) is 10.1. The normalized spacial score (nSPS) is 14.6. The maximum Gasteiger partial charge on any atom is 0.328 e. The molecule has 0 aliphatic carbocycles. The van der Waals surface area contributed by atoms with Crippen molar-refractivity contribution in [1.82, 2.24) is 0 Å². The van der Waals surface area contributed by atoms with Crippen LogP contribution in [0.2, 0.25) is 0 Å². The molecule has 0 saturated heterocycles. The van der Waals surface area contributed by atoms with E-state index in [4.69, 9.17) is 10.2 Å². The van der Waals surface area contributed by atoms with Crippen molar-refractivity contribution in [1.29, 1.82) is 0 Å². The van der Waals surface area contributed by atoms with E-state index >= 15 is 0 Å². The van der Waals surface area contributed by atoms with Crippen molar-refractivity contribution in [2.75, 3.05) is 0 Å². The van der Waals surface area contributed by atoms with Crippen molar-refractivity contribution in [3.8, 4) is 0 Å². The van der Waals surface area contributed by atoms with Crippen LogP contribution in [0.25, 0.3) is 0 Å². The molecule has 0 radical (unpaired) electrons. The van der Waals surface area contributed by atoms with E-state index in [-0.39, 0.29) is 0 Å². The van der Waals surface area contributed by atoms with Gasteiger partial charge in [-0.3, -0.25) is 0 Å². The fourth-order valence-corrected chi connectivity index (χ4v) is 0.595. The Balaban J connectivity index is 3.75. The van der Waals surface area contributed by atoms with Crippen molar-refractivity contribution in [2.24, 2.45) is 0 Å². The van der Waals surface area contributed by atoms with Gasteiger partial charge in [0.15, 0.2) is 0 Å². The SMILES string of the molecule is CCC(O)/C=C/C=C\C=C\C(=O)O. The number of allylic oxidation sites excluding steroid dienone is 4. The van der Waals surface area contributed by atoms with Gasteiger partial charge in [0.05, 0.1) is 6.10 Å². The molecule has 1 atom stereocenters. The molecule has 2 N–H and O–H groups in total. The number of carboxylic acid groups (broad SMARTS) is 1. The second-order valence-corrected chi connectivity index (χ2v) is 2.44. The summed E-state index contributed by atoms with van der Waals surface area (Å²) >= 11 is 0. The van der Waals surface area contributed by atoms with Crippen LogP contribution in [-0.4, -0.2) is 22.3 Å². The summed E-state index contributed by atoms with van der Waals surface area (Å²) in [7, 11) is 0. The highest BCUT2D eigenvalue weighted by Crippen LogP contribution is 1.91. The summed E-state index contributed by atoms with van der Waals surface area (Å²) in [5.41, 5.74) is 0. The van der Waals surface area contributed by atoms with Gasteiger partial charge in [0.1, 0.15) is 0 Å². The molecule has 3 nitrogen and oxygen atoms in total.